The van der Waals surface area contributed by atoms with Crippen molar-refractivity contribution in [3.05, 3.63) is 242 Å². The van der Waals surface area contributed by atoms with Crippen molar-refractivity contribution in [1.29, 1.82) is 10.5 Å². The number of benzene rings is 8. The molecule has 0 N–H and O–H groups in total. The van der Waals surface area contributed by atoms with Crippen molar-refractivity contribution in [3.63, 3.8) is 0 Å². The molecule has 8 aromatic rings. The van der Waals surface area contributed by atoms with Crippen molar-refractivity contribution >= 4 is 77.8 Å². The second kappa shape index (κ2) is 21.6. The molecule has 0 saturated carbocycles. The quantitative estimate of drug-likeness (QED) is 0.0476. The summed E-state index contributed by atoms with van der Waals surface area (Å²) >= 11 is 0. The van der Waals surface area contributed by atoms with Crippen LogP contribution in [0.5, 0.6) is 0 Å². The summed E-state index contributed by atoms with van der Waals surface area (Å²) in [5.74, 6) is 0. The third-order valence-corrected chi connectivity index (χ3v) is 19.0. The molecule has 0 radical (unpaired) electrons. The molecule has 10 nitrogen and oxygen atoms in total. The maximum absolute atomic E-state index is 9.37. The Hall–Kier alpha value is -6.66. The highest BCUT2D eigenvalue weighted by atomic mass is 32.3. The van der Waals surface area contributed by atoms with Gasteiger partial charge in [-0.15, -0.1) is 8.67 Å². The van der Waals surface area contributed by atoms with Gasteiger partial charge in [0.05, 0.1) is 23.3 Å². The van der Waals surface area contributed by atoms with Crippen molar-refractivity contribution in [3.8, 4) is 12.1 Å². The molecule has 0 unspecified atom stereocenters. The molecule has 0 saturated heterocycles. The summed E-state index contributed by atoms with van der Waals surface area (Å²) in [6.45, 7) is 0. The van der Waals surface area contributed by atoms with Gasteiger partial charge in [-0.3, -0.25) is 0 Å². The third-order valence-electron chi connectivity index (χ3n) is 9.82. The zero-order chi connectivity index (χ0) is 45.5. The van der Waals surface area contributed by atoms with Crippen molar-refractivity contribution < 1.29 is 34.6 Å². The predicted molar refractivity (Wildman–Crippen MR) is 253 cm³/mol. The molecule has 8 aromatic carbocycles. The molecule has 318 valence electrons. The van der Waals surface area contributed by atoms with Crippen LogP contribution in [-0.4, -0.2) is 25.9 Å². The minimum absolute atomic E-state index is 0.686. The van der Waals surface area contributed by atoms with E-state index in [2.05, 4.69) is 227 Å². The van der Waals surface area contributed by atoms with E-state index in [1.54, 1.807) is 0 Å². The Kier molecular flexibility index (Phi) is 15.8. The maximum atomic E-state index is 9.37. The summed E-state index contributed by atoms with van der Waals surface area (Å²) in [4.78, 5) is 0. The molecule has 14 heteroatoms. The van der Waals surface area contributed by atoms with Crippen molar-refractivity contribution in [2.45, 2.75) is 0 Å². The summed E-state index contributed by atoms with van der Waals surface area (Å²) in [5, 5.41) is 28.9. The first kappa shape index (κ1) is 46.8. The Morgan fingerprint density at radius 3 is 0.641 bits per heavy atom. The van der Waals surface area contributed by atoms with Gasteiger partial charge in [-0.25, -0.2) is 16.8 Å². The van der Waals surface area contributed by atoms with E-state index in [-0.39, 0.29) is 0 Å². The molecule has 0 aliphatic rings. The summed E-state index contributed by atoms with van der Waals surface area (Å²) < 4.78 is 61.5. The number of nitrogens with zero attached hydrogens (tertiary/aromatic N) is 2. The van der Waals surface area contributed by atoms with Crippen molar-refractivity contribution in [1.82, 2.24) is 0 Å². The fourth-order valence-electron chi connectivity index (χ4n) is 7.29. The number of rotatable bonds is 11. The summed E-state index contributed by atoms with van der Waals surface area (Å²) in [7, 11) is -14.7. The average Bonchev–Trinajstić information content (AvgIpc) is 3.34. The van der Waals surface area contributed by atoms with E-state index in [4.69, 9.17) is 0 Å². The van der Waals surface area contributed by atoms with Gasteiger partial charge in [0.25, 0.3) is 0 Å². The highest BCUT2D eigenvalue weighted by Crippen LogP contribution is 2.55. The Bertz CT molecular complexity index is 2630. The monoisotopic (exact) mass is 920 g/mol. The van der Waals surface area contributed by atoms with Gasteiger partial charge < -0.3 is 9.11 Å². The Labute approximate surface area is 374 Å². The van der Waals surface area contributed by atoms with Gasteiger partial charge in [0, 0.05) is 0 Å². The summed E-state index contributed by atoms with van der Waals surface area (Å²) in [5.41, 5.74) is 1.37. The van der Waals surface area contributed by atoms with Crippen LogP contribution in [0.1, 0.15) is 11.1 Å². The van der Waals surface area contributed by atoms with E-state index in [9.17, 15) is 36.5 Å². The zero-order valence-electron chi connectivity index (χ0n) is 33.8. The molecular weight excluding hydrogens is 883 g/mol. The largest absolute Gasteiger partial charge is 0.724 e. The fraction of sp³-hybridized carbons (Fsp3) is 0. The highest BCUT2D eigenvalue weighted by molar-refractivity contribution is 8.02. The van der Waals surface area contributed by atoms with Gasteiger partial charge in [-0.05, 0) is 121 Å². The predicted octanol–water partition coefficient (Wildman–Crippen LogP) is 6.21. The number of hydrogen-bond acceptors (Lipinski definition) is 10. The lowest BCUT2D eigenvalue weighted by Crippen LogP contribution is -2.38. The van der Waals surface area contributed by atoms with Crippen LogP contribution in [0.15, 0.2) is 231 Å². The normalized spacial score (nSPS) is 11.3. The standard InChI is InChI=1S/2C25H19NP.H2O8S2/c2*26-20-21-16-18-25(19-17-21)27(22-10-4-1-5-11-22,23-12-6-2-7-13-23)24-14-8-3-9-15-24;1-9(2,3)7-8-10(4,5)6/h2*1-19H;(H,1,2,3)(H,4,5,6)/q2*+1;/p-2. The van der Waals surface area contributed by atoms with Crippen LogP contribution in [0, 0.1) is 22.7 Å². The van der Waals surface area contributed by atoms with Crippen LogP contribution in [0.3, 0.4) is 0 Å². The summed E-state index contributed by atoms with van der Waals surface area (Å²) in [6, 6.07) is 85.1. The van der Waals surface area contributed by atoms with Crippen molar-refractivity contribution in [2.75, 3.05) is 0 Å². The lowest BCUT2D eigenvalue weighted by Gasteiger charge is -2.27. The molecule has 0 spiro atoms. The average molecular weight is 921 g/mol. The molecule has 64 heavy (non-hydrogen) atoms. The molecule has 0 heterocycles. The van der Waals surface area contributed by atoms with Crippen LogP contribution in [0.2, 0.25) is 0 Å². The minimum atomic E-state index is -5.31. The SMILES string of the molecule is N#Cc1ccc([P+](c2ccccc2)(c2ccccc2)c2ccccc2)cc1.N#Cc1ccc([P+](c2ccccc2)(c2ccccc2)c2ccccc2)cc1.O=S(=O)([O-])OOS(=O)(=O)[O-]. The van der Waals surface area contributed by atoms with E-state index in [1.165, 1.54) is 42.4 Å². The van der Waals surface area contributed by atoms with Gasteiger partial charge >= 0.3 is 0 Å². The lowest BCUT2D eigenvalue weighted by molar-refractivity contribution is -0.107. The lowest BCUT2D eigenvalue weighted by atomic mass is 10.2. The Morgan fingerprint density at radius 2 is 0.484 bits per heavy atom. The Morgan fingerprint density at radius 1 is 0.312 bits per heavy atom. The van der Waals surface area contributed by atoms with E-state index in [1.807, 2.05) is 24.3 Å². The number of nitriles is 2. The molecule has 8 rings (SSSR count). The molecule has 0 aromatic heterocycles. The van der Waals surface area contributed by atoms with Gasteiger partial charge in [-0.1, -0.05) is 109 Å². The first-order chi connectivity index (χ1) is 30.9. The van der Waals surface area contributed by atoms with E-state index in [0.29, 0.717) is 11.1 Å². The molecule has 0 bridgehead atoms. The fourth-order valence-corrected chi connectivity index (χ4v) is 16.3. The first-order valence-electron chi connectivity index (χ1n) is 19.3. The number of hydrogen-bond donors (Lipinski definition) is 0. The molecule has 0 fully saturated rings. The first-order valence-corrected chi connectivity index (χ1v) is 25.6. The van der Waals surface area contributed by atoms with Crippen LogP contribution in [0.25, 0.3) is 0 Å². The second-order valence-electron chi connectivity index (χ2n) is 13.6. The molecule has 0 atom stereocenters. The van der Waals surface area contributed by atoms with Crippen molar-refractivity contribution in [2.24, 2.45) is 0 Å². The van der Waals surface area contributed by atoms with Crippen LogP contribution in [0.4, 0.5) is 0 Å². The van der Waals surface area contributed by atoms with E-state index in [0.717, 1.165) is 0 Å². The van der Waals surface area contributed by atoms with Gasteiger partial charge in [0.2, 0.25) is 20.8 Å². The van der Waals surface area contributed by atoms with Gasteiger partial charge in [0.1, 0.15) is 57.0 Å². The van der Waals surface area contributed by atoms with E-state index < -0.39 is 35.3 Å². The van der Waals surface area contributed by atoms with Crippen LogP contribution in [-0.2, 0) is 29.5 Å². The van der Waals surface area contributed by atoms with E-state index >= 15 is 0 Å². The maximum Gasteiger partial charge on any atom is 0.246 e. The van der Waals surface area contributed by atoms with Crippen LogP contribution >= 0.6 is 14.5 Å². The van der Waals surface area contributed by atoms with Gasteiger partial charge in [-0.2, -0.15) is 10.5 Å². The highest BCUT2D eigenvalue weighted by Gasteiger charge is 2.48. The summed E-state index contributed by atoms with van der Waals surface area (Å²) in [6.07, 6.45) is 0. The Balaban J connectivity index is 0.000000176. The molecular formula is C50H38N2O8P2S2. The third kappa shape index (κ3) is 11.3. The van der Waals surface area contributed by atoms with Gasteiger partial charge in [0.15, 0.2) is 0 Å². The molecule has 0 aliphatic heterocycles. The minimum Gasteiger partial charge on any atom is -0.724 e. The smallest absolute Gasteiger partial charge is 0.246 e. The molecule has 0 aliphatic carbocycles. The molecule has 0 amide bonds. The van der Waals surface area contributed by atoms with Crippen LogP contribution < -0.4 is 42.4 Å². The second-order valence-corrected chi connectivity index (χ2v) is 22.3. The topological polar surface area (TPSA) is 180 Å². The zero-order valence-corrected chi connectivity index (χ0v) is 37.2.